The first-order valence-electron chi connectivity index (χ1n) is 6.05. The van der Waals surface area contributed by atoms with Gasteiger partial charge < -0.3 is 9.64 Å². The first-order chi connectivity index (χ1) is 8.95. The number of morpholine rings is 1. The molecule has 0 saturated carbocycles. The molecule has 1 aliphatic rings. The van der Waals surface area contributed by atoms with Gasteiger partial charge >= 0.3 is 0 Å². The summed E-state index contributed by atoms with van der Waals surface area (Å²) in [5, 5.41) is 10.7. The van der Waals surface area contributed by atoms with Gasteiger partial charge in [0.15, 0.2) is 6.29 Å². The number of ether oxygens (including phenoxy) is 1. The van der Waals surface area contributed by atoms with Crippen LogP contribution in [-0.4, -0.2) is 36.5 Å². The molecule has 0 atom stereocenters. The Bertz CT molecular complexity index is 513. The molecule has 0 spiro atoms. The van der Waals surface area contributed by atoms with Crippen molar-refractivity contribution in [2.75, 3.05) is 24.7 Å². The van der Waals surface area contributed by atoms with Gasteiger partial charge in [-0.25, -0.2) is 0 Å². The molecule has 0 aromatic heterocycles. The number of rotatable bonds is 3. The number of carbonyl (C=O) groups is 1. The van der Waals surface area contributed by atoms with Crippen LogP contribution in [0.3, 0.4) is 0 Å². The number of nitro benzene ring substituents is 1. The third-order valence-electron chi connectivity index (χ3n) is 3.28. The molecule has 1 fully saturated rings. The number of nitro groups is 1. The summed E-state index contributed by atoms with van der Waals surface area (Å²) in [6.45, 7) is 5.83. The van der Waals surface area contributed by atoms with E-state index in [1.54, 1.807) is 6.07 Å². The molecule has 19 heavy (non-hydrogen) atoms. The van der Waals surface area contributed by atoms with Crippen LogP contribution in [0.4, 0.5) is 11.4 Å². The summed E-state index contributed by atoms with van der Waals surface area (Å²) in [6, 6.07) is 4.37. The van der Waals surface area contributed by atoms with Crippen LogP contribution in [0.2, 0.25) is 0 Å². The lowest BCUT2D eigenvalue weighted by molar-refractivity contribution is -0.384. The van der Waals surface area contributed by atoms with Gasteiger partial charge in [-0.2, -0.15) is 0 Å². The van der Waals surface area contributed by atoms with E-state index < -0.39 is 4.92 Å². The van der Waals surface area contributed by atoms with Gasteiger partial charge in [-0.05, 0) is 19.9 Å². The standard InChI is InChI=1S/C13H16N2O4/c1-13(2)9-19-6-5-14(13)12-4-3-11(15(17)18)7-10(12)8-16/h3-4,7-8H,5-6,9H2,1-2H3. The van der Waals surface area contributed by atoms with Crippen LogP contribution in [0.15, 0.2) is 18.2 Å². The Morgan fingerprint density at radius 2 is 2.21 bits per heavy atom. The number of nitrogens with zero attached hydrogens (tertiary/aromatic N) is 2. The van der Waals surface area contributed by atoms with Crippen molar-refractivity contribution < 1.29 is 14.5 Å². The Hall–Kier alpha value is -1.95. The second-order valence-electron chi connectivity index (χ2n) is 5.13. The number of aldehydes is 1. The zero-order valence-electron chi connectivity index (χ0n) is 11.0. The summed E-state index contributed by atoms with van der Waals surface area (Å²) in [4.78, 5) is 23.5. The van der Waals surface area contributed by atoms with Crippen molar-refractivity contribution in [3.8, 4) is 0 Å². The van der Waals surface area contributed by atoms with E-state index >= 15 is 0 Å². The van der Waals surface area contributed by atoms with E-state index in [1.807, 2.05) is 13.8 Å². The van der Waals surface area contributed by atoms with E-state index in [4.69, 9.17) is 4.74 Å². The summed E-state index contributed by atoms with van der Waals surface area (Å²) < 4.78 is 5.43. The van der Waals surface area contributed by atoms with Crippen LogP contribution in [0, 0.1) is 10.1 Å². The third-order valence-corrected chi connectivity index (χ3v) is 3.28. The highest BCUT2D eigenvalue weighted by Crippen LogP contribution is 2.31. The molecule has 6 nitrogen and oxygen atoms in total. The molecule has 0 radical (unpaired) electrons. The highest BCUT2D eigenvalue weighted by Gasteiger charge is 2.32. The van der Waals surface area contributed by atoms with Crippen molar-refractivity contribution in [1.82, 2.24) is 0 Å². The summed E-state index contributed by atoms with van der Waals surface area (Å²) >= 11 is 0. The minimum Gasteiger partial charge on any atom is -0.377 e. The quantitative estimate of drug-likeness (QED) is 0.474. The van der Waals surface area contributed by atoms with Gasteiger partial charge in [-0.3, -0.25) is 14.9 Å². The summed E-state index contributed by atoms with van der Waals surface area (Å²) in [5.74, 6) is 0. The average molecular weight is 264 g/mol. The van der Waals surface area contributed by atoms with E-state index in [9.17, 15) is 14.9 Å². The molecule has 1 heterocycles. The zero-order chi connectivity index (χ0) is 14.0. The molecule has 0 aliphatic carbocycles. The maximum Gasteiger partial charge on any atom is 0.270 e. The molecule has 6 heteroatoms. The van der Waals surface area contributed by atoms with Crippen molar-refractivity contribution in [2.45, 2.75) is 19.4 Å². The summed E-state index contributed by atoms with van der Waals surface area (Å²) in [5.41, 5.74) is 0.738. The van der Waals surface area contributed by atoms with Gasteiger partial charge in [0.1, 0.15) is 0 Å². The first-order valence-corrected chi connectivity index (χ1v) is 6.05. The van der Waals surface area contributed by atoms with Crippen molar-refractivity contribution in [3.05, 3.63) is 33.9 Å². The lowest BCUT2D eigenvalue weighted by Gasteiger charge is -2.44. The normalized spacial score (nSPS) is 18.1. The number of hydrogen-bond acceptors (Lipinski definition) is 5. The molecule has 0 N–H and O–H groups in total. The number of non-ortho nitro benzene ring substituents is 1. The molecule has 1 saturated heterocycles. The molecule has 1 aromatic rings. The van der Waals surface area contributed by atoms with Crippen LogP contribution < -0.4 is 4.90 Å². The molecule has 2 rings (SSSR count). The number of anilines is 1. The van der Waals surface area contributed by atoms with E-state index in [2.05, 4.69) is 4.90 Å². The van der Waals surface area contributed by atoms with Crippen molar-refractivity contribution in [1.29, 1.82) is 0 Å². The smallest absolute Gasteiger partial charge is 0.270 e. The predicted octanol–water partition coefficient (Wildman–Crippen LogP) is 2.02. The van der Waals surface area contributed by atoms with Crippen molar-refractivity contribution >= 4 is 17.7 Å². The minimum atomic E-state index is -0.499. The van der Waals surface area contributed by atoms with E-state index in [0.29, 0.717) is 37.3 Å². The van der Waals surface area contributed by atoms with Crippen molar-refractivity contribution in [2.24, 2.45) is 0 Å². The monoisotopic (exact) mass is 264 g/mol. The Labute approximate surface area is 111 Å². The number of benzene rings is 1. The first kappa shape index (κ1) is 13.5. The van der Waals surface area contributed by atoms with Gasteiger partial charge in [-0.1, -0.05) is 0 Å². The van der Waals surface area contributed by atoms with Crippen LogP contribution in [0.25, 0.3) is 0 Å². The van der Waals surface area contributed by atoms with E-state index in [-0.39, 0.29) is 11.2 Å². The van der Waals surface area contributed by atoms with Crippen LogP contribution in [0.5, 0.6) is 0 Å². The van der Waals surface area contributed by atoms with Crippen LogP contribution in [0.1, 0.15) is 24.2 Å². The lowest BCUT2D eigenvalue weighted by atomic mass is 9.99. The van der Waals surface area contributed by atoms with Crippen LogP contribution >= 0.6 is 0 Å². The second-order valence-corrected chi connectivity index (χ2v) is 5.13. The second kappa shape index (κ2) is 4.97. The maximum absolute atomic E-state index is 11.2. The predicted molar refractivity (Wildman–Crippen MR) is 70.7 cm³/mol. The number of carbonyl (C=O) groups excluding carboxylic acids is 1. The largest absolute Gasteiger partial charge is 0.377 e. The van der Waals surface area contributed by atoms with Gasteiger partial charge in [0, 0.05) is 29.9 Å². The van der Waals surface area contributed by atoms with E-state index in [0.717, 1.165) is 0 Å². The highest BCUT2D eigenvalue weighted by molar-refractivity contribution is 5.86. The van der Waals surface area contributed by atoms with Crippen LogP contribution in [-0.2, 0) is 4.74 Å². The average Bonchev–Trinajstić information content (AvgIpc) is 2.37. The van der Waals surface area contributed by atoms with Crippen molar-refractivity contribution in [3.63, 3.8) is 0 Å². The molecule has 102 valence electrons. The Balaban J connectivity index is 2.44. The minimum absolute atomic E-state index is 0.0723. The van der Waals surface area contributed by atoms with E-state index in [1.165, 1.54) is 12.1 Å². The maximum atomic E-state index is 11.2. The molecular formula is C13H16N2O4. The van der Waals surface area contributed by atoms with Gasteiger partial charge in [0.2, 0.25) is 0 Å². The van der Waals surface area contributed by atoms with Gasteiger partial charge in [0.05, 0.1) is 23.7 Å². The Morgan fingerprint density at radius 1 is 1.47 bits per heavy atom. The highest BCUT2D eigenvalue weighted by atomic mass is 16.6. The molecule has 0 bridgehead atoms. The molecule has 0 unspecified atom stereocenters. The summed E-state index contributed by atoms with van der Waals surface area (Å²) in [6.07, 6.45) is 0.661. The Morgan fingerprint density at radius 3 is 2.79 bits per heavy atom. The SMILES string of the molecule is CC1(C)COCCN1c1ccc([N+](=O)[O-])cc1C=O. The fourth-order valence-electron chi connectivity index (χ4n) is 2.30. The molecule has 1 aromatic carbocycles. The fourth-order valence-corrected chi connectivity index (χ4v) is 2.30. The summed E-state index contributed by atoms with van der Waals surface area (Å²) in [7, 11) is 0. The Kier molecular flexibility index (Phi) is 3.53. The topological polar surface area (TPSA) is 72.7 Å². The van der Waals surface area contributed by atoms with Gasteiger partial charge in [0.25, 0.3) is 5.69 Å². The molecule has 0 amide bonds. The fraction of sp³-hybridized carbons (Fsp3) is 0.462. The number of hydrogen-bond donors (Lipinski definition) is 0. The van der Waals surface area contributed by atoms with Gasteiger partial charge in [-0.15, -0.1) is 0 Å². The molecule has 1 aliphatic heterocycles. The molecular weight excluding hydrogens is 248 g/mol. The third kappa shape index (κ3) is 2.58. The lowest BCUT2D eigenvalue weighted by Crippen LogP contribution is -2.53. The zero-order valence-corrected chi connectivity index (χ0v) is 11.0.